The molecule has 0 aliphatic rings. The van der Waals surface area contributed by atoms with Gasteiger partial charge in [0.2, 0.25) is 0 Å². The van der Waals surface area contributed by atoms with Crippen LogP contribution in [0.25, 0.3) is 0 Å². The van der Waals surface area contributed by atoms with Crippen LogP contribution in [0.2, 0.25) is 10.0 Å². The van der Waals surface area contributed by atoms with Gasteiger partial charge in [0.1, 0.15) is 12.4 Å². The van der Waals surface area contributed by atoms with Crippen molar-refractivity contribution in [3.63, 3.8) is 0 Å². The van der Waals surface area contributed by atoms with E-state index < -0.39 is 0 Å². The highest BCUT2D eigenvalue weighted by atomic mass is 35.5. The molecule has 0 saturated carbocycles. The Morgan fingerprint density at radius 2 is 1.79 bits per heavy atom. The maximum Gasteiger partial charge on any atom is 0.124 e. The van der Waals surface area contributed by atoms with E-state index in [9.17, 15) is 0 Å². The van der Waals surface area contributed by atoms with E-state index in [0.717, 1.165) is 30.0 Å². The Hall–Kier alpha value is -0.930. The minimum Gasteiger partial charge on any atom is -0.489 e. The first kappa shape index (κ1) is 21.1. The Morgan fingerprint density at radius 3 is 2.54 bits per heavy atom. The number of halogens is 3. The van der Waals surface area contributed by atoms with E-state index in [4.69, 9.17) is 27.9 Å². The number of hydrogen-bond donors (Lipinski definition) is 1. The van der Waals surface area contributed by atoms with Crippen molar-refractivity contribution in [3.05, 3.63) is 63.6 Å². The molecule has 132 valence electrons. The first-order chi connectivity index (χ1) is 11.2. The summed E-state index contributed by atoms with van der Waals surface area (Å²) < 4.78 is 5.95. The van der Waals surface area contributed by atoms with Crippen LogP contribution in [-0.4, -0.2) is 6.54 Å². The molecule has 0 spiro atoms. The van der Waals surface area contributed by atoms with Gasteiger partial charge in [-0.05, 0) is 31.2 Å². The van der Waals surface area contributed by atoms with Crippen molar-refractivity contribution in [1.29, 1.82) is 0 Å². The van der Waals surface area contributed by atoms with Gasteiger partial charge in [0.15, 0.2) is 0 Å². The fourth-order valence-corrected chi connectivity index (χ4v) is 2.77. The van der Waals surface area contributed by atoms with Gasteiger partial charge in [-0.2, -0.15) is 0 Å². The number of benzene rings is 2. The average Bonchev–Trinajstić information content (AvgIpc) is 2.55. The van der Waals surface area contributed by atoms with E-state index in [1.54, 1.807) is 6.07 Å². The van der Waals surface area contributed by atoms with Gasteiger partial charge in [0, 0.05) is 27.7 Å². The molecule has 0 heterocycles. The third-order valence-electron chi connectivity index (χ3n) is 3.64. The SMILES string of the molecule is CCCCCNCc1ccccc1OCc1ccc(Cl)cc1Cl.Cl. The van der Waals surface area contributed by atoms with Gasteiger partial charge in [-0.1, -0.05) is 67.2 Å². The second-order valence-corrected chi connectivity index (χ2v) is 6.36. The molecule has 2 aromatic rings. The Bertz CT molecular complexity index is 619. The molecule has 0 bridgehead atoms. The molecular formula is C19H24Cl3NO. The lowest BCUT2D eigenvalue weighted by Crippen LogP contribution is -2.15. The maximum absolute atomic E-state index is 6.19. The van der Waals surface area contributed by atoms with Crippen LogP contribution < -0.4 is 10.1 Å². The first-order valence-corrected chi connectivity index (χ1v) is 8.81. The van der Waals surface area contributed by atoms with E-state index >= 15 is 0 Å². The van der Waals surface area contributed by atoms with Crippen molar-refractivity contribution in [2.75, 3.05) is 6.54 Å². The standard InChI is InChI=1S/C19H23Cl2NO.ClH/c1-2-3-6-11-22-13-15-7-4-5-8-19(15)23-14-16-9-10-17(20)12-18(16)21;/h4-5,7-10,12,22H,2-3,6,11,13-14H2,1H3;1H. The molecule has 2 rings (SSSR count). The summed E-state index contributed by atoms with van der Waals surface area (Å²) in [4.78, 5) is 0. The van der Waals surface area contributed by atoms with Gasteiger partial charge in [0.05, 0.1) is 0 Å². The van der Waals surface area contributed by atoms with E-state index in [0.29, 0.717) is 16.7 Å². The fraction of sp³-hybridized carbons (Fsp3) is 0.368. The predicted molar refractivity (Wildman–Crippen MR) is 106 cm³/mol. The van der Waals surface area contributed by atoms with Gasteiger partial charge < -0.3 is 10.1 Å². The van der Waals surface area contributed by atoms with E-state index in [2.05, 4.69) is 18.3 Å². The number of nitrogens with one attached hydrogen (secondary N) is 1. The molecule has 1 N–H and O–H groups in total. The highest BCUT2D eigenvalue weighted by molar-refractivity contribution is 6.35. The zero-order valence-electron chi connectivity index (χ0n) is 13.9. The monoisotopic (exact) mass is 387 g/mol. The quantitative estimate of drug-likeness (QED) is 0.511. The lowest BCUT2D eigenvalue weighted by Gasteiger charge is -2.13. The molecule has 0 aliphatic heterocycles. The summed E-state index contributed by atoms with van der Waals surface area (Å²) in [6.45, 7) is 4.49. The normalized spacial score (nSPS) is 10.3. The second-order valence-electron chi connectivity index (χ2n) is 5.52. The summed E-state index contributed by atoms with van der Waals surface area (Å²) in [6.07, 6.45) is 3.71. The van der Waals surface area contributed by atoms with Crippen LogP contribution in [0.4, 0.5) is 0 Å². The topological polar surface area (TPSA) is 21.3 Å². The van der Waals surface area contributed by atoms with Crippen molar-refractivity contribution in [3.8, 4) is 5.75 Å². The van der Waals surface area contributed by atoms with Gasteiger partial charge in [-0.15, -0.1) is 12.4 Å². The number of rotatable bonds is 9. The van der Waals surface area contributed by atoms with Crippen molar-refractivity contribution in [2.45, 2.75) is 39.3 Å². The lowest BCUT2D eigenvalue weighted by molar-refractivity contribution is 0.302. The Balaban J connectivity index is 0.00000288. The molecule has 0 unspecified atom stereocenters. The maximum atomic E-state index is 6.19. The van der Waals surface area contributed by atoms with Crippen LogP contribution >= 0.6 is 35.6 Å². The average molecular weight is 389 g/mol. The molecule has 0 radical (unpaired) electrons. The number of ether oxygens (including phenoxy) is 1. The zero-order valence-corrected chi connectivity index (χ0v) is 16.2. The summed E-state index contributed by atoms with van der Waals surface area (Å²) in [5.41, 5.74) is 2.09. The molecule has 0 amide bonds. The predicted octanol–water partition coefficient (Wildman–Crippen LogP) is 6.27. The van der Waals surface area contributed by atoms with Gasteiger partial charge in [-0.3, -0.25) is 0 Å². The second kappa shape index (κ2) is 11.6. The van der Waals surface area contributed by atoms with Crippen LogP contribution in [0.1, 0.15) is 37.3 Å². The summed E-state index contributed by atoms with van der Waals surface area (Å²) in [5.74, 6) is 0.890. The van der Waals surface area contributed by atoms with Crippen molar-refractivity contribution in [2.24, 2.45) is 0 Å². The number of para-hydroxylation sites is 1. The van der Waals surface area contributed by atoms with Gasteiger partial charge in [-0.25, -0.2) is 0 Å². The Kier molecular flexibility index (Phi) is 10.2. The highest BCUT2D eigenvalue weighted by Crippen LogP contribution is 2.24. The van der Waals surface area contributed by atoms with Crippen LogP contribution in [0, 0.1) is 0 Å². The fourth-order valence-electron chi connectivity index (χ4n) is 2.31. The number of unbranched alkanes of at least 4 members (excludes halogenated alkanes) is 2. The molecule has 0 aromatic heterocycles. The van der Waals surface area contributed by atoms with E-state index in [1.165, 1.54) is 19.3 Å². The highest BCUT2D eigenvalue weighted by Gasteiger charge is 2.06. The zero-order chi connectivity index (χ0) is 16.5. The van der Waals surface area contributed by atoms with Crippen LogP contribution in [0.15, 0.2) is 42.5 Å². The van der Waals surface area contributed by atoms with Crippen LogP contribution in [0.3, 0.4) is 0 Å². The largest absolute Gasteiger partial charge is 0.489 e. The van der Waals surface area contributed by atoms with Crippen LogP contribution in [-0.2, 0) is 13.2 Å². The van der Waals surface area contributed by atoms with Gasteiger partial charge >= 0.3 is 0 Å². The molecule has 24 heavy (non-hydrogen) atoms. The molecule has 0 fully saturated rings. The molecule has 5 heteroatoms. The molecule has 2 nitrogen and oxygen atoms in total. The third kappa shape index (κ3) is 6.90. The smallest absolute Gasteiger partial charge is 0.124 e. The molecular weight excluding hydrogens is 365 g/mol. The lowest BCUT2D eigenvalue weighted by atomic mass is 10.2. The van der Waals surface area contributed by atoms with Gasteiger partial charge in [0.25, 0.3) is 0 Å². The molecule has 0 saturated heterocycles. The summed E-state index contributed by atoms with van der Waals surface area (Å²) in [7, 11) is 0. The van der Waals surface area contributed by atoms with Crippen molar-refractivity contribution >= 4 is 35.6 Å². The number of hydrogen-bond acceptors (Lipinski definition) is 2. The Morgan fingerprint density at radius 1 is 1.00 bits per heavy atom. The summed E-state index contributed by atoms with van der Waals surface area (Å²) in [6, 6.07) is 13.6. The van der Waals surface area contributed by atoms with E-state index in [1.807, 2.05) is 30.3 Å². The molecule has 0 aliphatic carbocycles. The van der Waals surface area contributed by atoms with Crippen molar-refractivity contribution in [1.82, 2.24) is 5.32 Å². The van der Waals surface area contributed by atoms with Crippen LogP contribution in [0.5, 0.6) is 5.75 Å². The molecule has 2 aromatic carbocycles. The first-order valence-electron chi connectivity index (χ1n) is 8.06. The van der Waals surface area contributed by atoms with Crippen molar-refractivity contribution < 1.29 is 4.74 Å². The Labute approximate surface area is 160 Å². The third-order valence-corrected chi connectivity index (χ3v) is 4.23. The van der Waals surface area contributed by atoms with E-state index in [-0.39, 0.29) is 12.4 Å². The summed E-state index contributed by atoms with van der Waals surface area (Å²) >= 11 is 12.1. The minimum atomic E-state index is 0. The molecule has 0 atom stereocenters. The minimum absolute atomic E-state index is 0. The summed E-state index contributed by atoms with van der Waals surface area (Å²) in [5, 5.41) is 4.74.